The van der Waals surface area contributed by atoms with Crippen LogP contribution in [0.1, 0.15) is 11.3 Å². The molecule has 0 fully saturated rings. The second kappa shape index (κ2) is 5.69. The van der Waals surface area contributed by atoms with Gasteiger partial charge >= 0.3 is 0 Å². The predicted molar refractivity (Wildman–Crippen MR) is 81.3 cm³/mol. The molecule has 1 aromatic carbocycles. The molecule has 0 radical (unpaired) electrons. The summed E-state index contributed by atoms with van der Waals surface area (Å²) in [5.41, 5.74) is 8.92. The first-order valence-electron chi connectivity index (χ1n) is 5.98. The lowest BCUT2D eigenvalue weighted by Gasteiger charge is -2.04. The molecule has 0 bridgehead atoms. The minimum atomic E-state index is 0.483. The normalized spacial score (nSPS) is 11.0. The number of para-hydroxylation sites is 1. The number of benzene rings is 1. The van der Waals surface area contributed by atoms with Crippen molar-refractivity contribution in [3.63, 3.8) is 0 Å². The van der Waals surface area contributed by atoms with Crippen LogP contribution in [0.25, 0.3) is 10.2 Å². The smallest absolute Gasteiger partial charge is 0.151 e. The molecule has 2 aromatic heterocycles. The Kier molecular flexibility index (Phi) is 3.77. The van der Waals surface area contributed by atoms with Gasteiger partial charge in [0.2, 0.25) is 0 Å². The van der Waals surface area contributed by atoms with Crippen molar-refractivity contribution in [2.75, 3.05) is 0 Å². The van der Waals surface area contributed by atoms with Crippen LogP contribution < -0.4 is 5.73 Å². The summed E-state index contributed by atoms with van der Waals surface area (Å²) in [4.78, 5) is 8.91. The van der Waals surface area contributed by atoms with Crippen LogP contribution in [0.3, 0.4) is 0 Å². The minimum absolute atomic E-state index is 0.483. The molecule has 2 N–H and O–H groups in total. The van der Waals surface area contributed by atoms with Gasteiger partial charge in [0.25, 0.3) is 0 Å². The van der Waals surface area contributed by atoms with Gasteiger partial charge in [-0.05, 0) is 23.8 Å². The van der Waals surface area contributed by atoms with Gasteiger partial charge < -0.3 is 5.73 Å². The molecule has 3 rings (SSSR count). The van der Waals surface area contributed by atoms with Crippen molar-refractivity contribution in [1.29, 1.82) is 0 Å². The Morgan fingerprint density at radius 2 is 2.05 bits per heavy atom. The molecule has 5 heteroatoms. The SMILES string of the molecule is NCc1ncccc1CSc1nc2ccccc2s1. The van der Waals surface area contributed by atoms with Crippen molar-refractivity contribution in [3.8, 4) is 0 Å². The number of nitrogens with zero attached hydrogens (tertiary/aromatic N) is 2. The lowest BCUT2D eigenvalue weighted by molar-refractivity contribution is 0.964. The second-order valence-corrected chi connectivity index (χ2v) is 6.30. The van der Waals surface area contributed by atoms with Gasteiger partial charge in [0.1, 0.15) is 0 Å². The standard InChI is InChI=1S/C14H13N3S2/c15-8-12-10(4-3-7-16-12)9-18-14-17-11-5-1-2-6-13(11)19-14/h1-7H,8-9,15H2. The number of rotatable bonds is 4. The van der Waals surface area contributed by atoms with E-state index in [1.165, 1.54) is 10.3 Å². The average molecular weight is 287 g/mol. The van der Waals surface area contributed by atoms with E-state index in [0.717, 1.165) is 21.3 Å². The molecule has 0 unspecified atom stereocenters. The Hall–Kier alpha value is -1.43. The van der Waals surface area contributed by atoms with E-state index in [9.17, 15) is 0 Å². The summed E-state index contributed by atoms with van der Waals surface area (Å²) in [6.45, 7) is 0.483. The molecule has 0 amide bonds. The van der Waals surface area contributed by atoms with Crippen molar-refractivity contribution in [3.05, 3.63) is 53.9 Å². The molecule has 0 saturated carbocycles. The first-order valence-corrected chi connectivity index (χ1v) is 7.78. The number of nitrogens with two attached hydrogens (primary N) is 1. The van der Waals surface area contributed by atoms with Crippen LogP contribution in [0.15, 0.2) is 46.9 Å². The van der Waals surface area contributed by atoms with Gasteiger partial charge in [-0.2, -0.15) is 0 Å². The molecule has 96 valence electrons. The Morgan fingerprint density at radius 1 is 1.16 bits per heavy atom. The van der Waals surface area contributed by atoms with Crippen molar-refractivity contribution in [2.24, 2.45) is 5.73 Å². The molecule has 0 aliphatic carbocycles. The maximum absolute atomic E-state index is 5.70. The van der Waals surface area contributed by atoms with Crippen molar-refractivity contribution in [1.82, 2.24) is 9.97 Å². The Balaban J connectivity index is 1.78. The number of pyridine rings is 1. The van der Waals surface area contributed by atoms with Crippen LogP contribution in [0.5, 0.6) is 0 Å². The first kappa shape index (κ1) is 12.6. The van der Waals surface area contributed by atoms with Crippen LogP contribution in [0.4, 0.5) is 0 Å². The molecular formula is C14H13N3S2. The number of hydrogen-bond donors (Lipinski definition) is 1. The summed E-state index contributed by atoms with van der Waals surface area (Å²) in [6.07, 6.45) is 1.79. The van der Waals surface area contributed by atoms with Crippen molar-refractivity contribution >= 4 is 33.3 Å². The van der Waals surface area contributed by atoms with Crippen LogP contribution in [-0.4, -0.2) is 9.97 Å². The van der Waals surface area contributed by atoms with E-state index in [0.29, 0.717) is 6.54 Å². The van der Waals surface area contributed by atoms with Crippen molar-refractivity contribution in [2.45, 2.75) is 16.6 Å². The molecule has 0 atom stereocenters. The van der Waals surface area contributed by atoms with Gasteiger partial charge in [0.05, 0.1) is 15.9 Å². The van der Waals surface area contributed by atoms with E-state index in [4.69, 9.17) is 5.73 Å². The average Bonchev–Trinajstić information content (AvgIpc) is 2.88. The van der Waals surface area contributed by atoms with Gasteiger partial charge in [-0.3, -0.25) is 4.98 Å². The molecule has 0 saturated heterocycles. The van der Waals surface area contributed by atoms with E-state index in [1.54, 1.807) is 29.3 Å². The van der Waals surface area contributed by atoms with Gasteiger partial charge in [-0.15, -0.1) is 11.3 Å². The highest BCUT2D eigenvalue weighted by Gasteiger charge is 2.06. The molecule has 19 heavy (non-hydrogen) atoms. The zero-order valence-electron chi connectivity index (χ0n) is 10.2. The third-order valence-corrected chi connectivity index (χ3v) is 5.03. The maximum Gasteiger partial charge on any atom is 0.151 e. The monoisotopic (exact) mass is 287 g/mol. The molecule has 0 aliphatic heterocycles. The molecular weight excluding hydrogens is 274 g/mol. The highest BCUT2D eigenvalue weighted by Crippen LogP contribution is 2.31. The van der Waals surface area contributed by atoms with Gasteiger partial charge in [0.15, 0.2) is 4.34 Å². The fourth-order valence-electron chi connectivity index (χ4n) is 1.84. The van der Waals surface area contributed by atoms with E-state index < -0.39 is 0 Å². The predicted octanol–water partition coefficient (Wildman–Crippen LogP) is 3.44. The van der Waals surface area contributed by atoms with Crippen molar-refractivity contribution < 1.29 is 0 Å². The highest BCUT2D eigenvalue weighted by atomic mass is 32.2. The molecule has 0 spiro atoms. The molecule has 3 nitrogen and oxygen atoms in total. The van der Waals surface area contributed by atoms with Crippen LogP contribution in [-0.2, 0) is 12.3 Å². The summed E-state index contributed by atoms with van der Waals surface area (Å²) < 4.78 is 2.32. The topological polar surface area (TPSA) is 51.8 Å². The molecule has 0 aliphatic rings. The Labute approximate surface area is 119 Å². The second-order valence-electron chi connectivity index (χ2n) is 4.05. The summed E-state index contributed by atoms with van der Waals surface area (Å²) >= 11 is 3.47. The summed E-state index contributed by atoms with van der Waals surface area (Å²) in [5.74, 6) is 0.861. The van der Waals surface area contributed by atoms with Crippen LogP contribution >= 0.6 is 23.1 Å². The zero-order chi connectivity index (χ0) is 13.1. The first-order chi connectivity index (χ1) is 9.36. The minimum Gasteiger partial charge on any atom is -0.325 e. The van der Waals surface area contributed by atoms with Gasteiger partial charge in [-0.25, -0.2) is 4.98 Å². The molecule has 2 heterocycles. The molecule has 3 aromatic rings. The number of fused-ring (bicyclic) bond motifs is 1. The van der Waals surface area contributed by atoms with E-state index >= 15 is 0 Å². The zero-order valence-corrected chi connectivity index (χ0v) is 11.9. The van der Waals surface area contributed by atoms with Gasteiger partial charge in [-0.1, -0.05) is 30.0 Å². The quantitative estimate of drug-likeness (QED) is 0.747. The third kappa shape index (κ3) is 2.78. The van der Waals surface area contributed by atoms with E-state index in [-0.39, 0.29) is 0 Å². The number of thiazole rings is 1. The van der Waals surface area contributed by atoms with E-state index in [1.807, 2.05) is 24.3 Å². The van der Waals surface area contributed by atoms with Crippen LogP contribution in [0.2, 0.25) is 0 Å². The maximum atomic E-state index is 5.70. The number of aromatic nitrogens is 2. The van der Waals surface area contributed by atoms with Crippen LogP contribution in [0, 0.1) is 0 Å². The fourth-order valence-corrected chi connectivity index (χ4v) is 3.92. The largest absolute Gasteiger partial charge is 0.325 e. The number of hydrogen-bond acceptors (Lipinski definition) is 5. The summed E-state index contributed by atoms with van der Waals surface area (Å²) in [5, 5.41) is 0. The lowest BCUT2D eigenvalue weighted by atomic mass is 10.2. The summed E-state index contributed by atoms with van der Waals surface area (Å²) in [7, 11) is 0. The fraction of sp³-hybridized carbons (Fsp3) is 0.143. The van der Waals surface area contributed by atoms with E-state index in [2.05, 4.69) is 22.1 Å². The third-order valence-electron chi connectivity index (χ3n) is 2.80. The Bertz CT molecular complexity index is 661. The Morgan fingerprint density at radius 3 is 2.89 bits per heavy atom. The highest BCUT2D eigenvalue weighted by molar-refractivity contribution is 8.00. The number of thioether (sulfide) groups is 1. The summed E-state index contributed by atoms with van der Waals surface area (Å²) in [6, 6.07) is 12.2. The van der Waals surface area contributed by atoms with Gasteiger partial charge in [0, 0.05) is 18.5 Å². The lowest BCUT2D eigenvalue weighted by Crippen LogP contribution is -2.03.